The van der Waals surface area contributed by atoms with E-state index in [1.807, 2.05) is 25.1 Å². The first-order chi connectivity index (χ1) is 10.6. The fraction of sp³-hybridized carbons (Fsp3) is 0.611. The van der Waals surface area contributed by atoms with Gasteiger partial charge in [-0.15, -0.1) is 0 Å². The van der Waals surface area contributed by atoms with Crippen molar-refractivity contribution in [1.29, 1.82) is 0 Å². The molecule has 2 aliphatic rings. The van der Waals surface area contributed by atoms with Crippen LogP contribution in [0.1, 0.15) is 44.1 Å². The number of likely N-dealkylation sites (tertiary alicyclic amines) is 1. The fourth-order valence-electron chi connectivity index (χ4n) is 4.25. The van der Waals surface area contributed by atoms with Crippen LogP contribution >= 0.6 is 11.6 Å². The van der Waals surface area contributed by atoms with E-state index in [9.17, 15) is 4.79 Å². The van der Waals surface area contributed by atoms with Crippen LogP contribution in [0, 0.1) is 12.8 Å². The molecule has 0 spiro atoms. The highest BCUT2D eigenvalue weighted by molar-refractivity contribution is 6.30. The van der Waals surface area contributed by atoms with E-state index in [0.717, 1.165) is 23.7 Å². The zero-order chi connectivity index (χ0) is 15.5. The third-order valence-corrected chi connectivity index (χ3v) is 5.59. The predicted octanol–water partition coefficient (Wildman–Crippen LogP) is 2.82. The first kappa shape index (κ1) is 15.8. The van der Waals surface area contributed by atoms with Crippen LogP contribution < -0.4 is 10.2 Å². The molecule has 1 aliphatic heterocycles. The number of piperidine rings is 1. The lowest BCUT2D eigenvalue weighted by molar-refractivity contribution is -0.928. The number of rotatable bonds is 3. The van der Waals surface area contributed by atoms with Crippen LogP contribution in [0.3, 0.4) is 0 Å². The molecular weight excluding hydrogens is 296 g/mol. The number of carbonyl (C=O) groups excluding carboxylic acids is 1. The van der Waals surface area contributed by atoms with Crippen molar-refractivity contribution in [3.8, 4) is 0 Å². The number of amides is 1. The van der Waals surface area contributed by atoms with Gasteiger partial charge in [-0.25, -0.2) is 0 Å². The molecule has 22 heavy (non-hydrogen) atoms. The van der Waals surface area contributed by atoms with Gasteiger partial charge in [0.25, 0.3) is 5.91 Å². The van der Waals surface area contributed by atoms with Gasteiger partial charge in [0, 0.05) is 16.6 Å². The highest BCUT2D eigenvalue weighted by Crippen LogP contribution is 2.28. The summed E-state index contributed by atoms with van der Waals surface area (Å²) in [7, 11) is 0. The zero-order valence-electron chi connectivity index (χ0n) is 13.3. The summed E-state index contributed by atoms with van der Waals surface area (Å²) in [5.41, 5.74) is 1.90. The average molecular weight is 322 g/mol. The van der Waals surface area contributed by atoms with Crippen molar-refractivity contribution in [1.82, 2.24) is 0 Å². The van der Waals surface area contributed by atoms with Crippen LogP contribution in [0.15, 0.2) is 18.2 Å². The molecular formula is C18H26ClN2O+. The molecule has 2 fully saturated rings. The summed E-state index contributed by atoms with van der Waals surface area (Å²) < 4.78 is 0. The van der Waals surface area contributed by atoms with Crippen molar-refractivity contribution in [3.05, 3.63) is 28.8 Å². The molecule has 120 valence electrons. The van der Waals surface area contributed by atoms with E-state index in [1.54, 1.807) is 0 Å². The Balaban J connectivity index is 1.61. The largest absolute Gasteiger partial charge is 0.324 e. The number of benzene rings is 1. The topological polar surface area (TPSA) is 33.5 Å². The van der Waals surface area contributed by atoms with Crippen LogP contribution in [0.2, 0.25) is 5.02 Å². The molecule has 1 saturated carbocycles. The summed E-state index contributed by atoms with van der Waals surface area (Å²) in [6, 6.07) is 6.32. The predicted molar refractivity (Wildman–Crippen MR) is 90.5 cm³/mol. The molecule has 2 N–H and O–H groups in total. The van der Waals surface area contributed by atoms with Gasteiger partial charge < -0.3 is 10.2 Å². The van der Waals surface area contributed by atoms with Gasteiger partial charge in [-0.05, 0) is 62.8 Å². The Hall–Kier alpha value is -1.06. The van der Waals surface area contributed by atoms with Gasteiger partial charge in [0.15, 0.2) is 6.54 Å². The van der Waals surface area contributed by atoms with Gasteiger partial charge in [-0.3, -0.25) is 4.79 Å². The molecule has 0 aromatic heterocycles. The molecule has 1 aromatic carbocycles. The van der Waals surface area contributed by atoms with Crippen molar-refractivity contribution in [2.75, 3.05) is 18.4 Å². The molecule has 3 atom stereocenters. The minimum absolute atomic E-state index is 0.131. The number of halogens is 1. The smallest absolute Gasteiger partial charge is 0.279 e. The Labute approximate surface area is 138 Å². The van der Waals surface area contributed by atoms with E-state index in [1.165, 1.54) is 43.4 Å². The maximum absolute atomic E-state index is 12.4. The van der Waals surface area contributed by atoms with Gasteiger partial charge in [0.2, 0.25) is 0 Å². The van der Waals surface area contributed by atoms with Gasteiger partial charge in [-0.1, -0.05) is 18.0 Å². The summed E-state index contributed by atoms with van der Waals surface area (Å²) in [4.78, 5) is 13.9. The van der Waals surface area contributed by atoms with Gasteiger partial charge in [0.1, 0.15) is 0 Å². The van der Waals surface area contributed by atoms with E-state index in [-0.39, 0.29) is 5.91 Å². The molecule has 1 saturated heterocycles. The van der Waals surface area contributed by atoms with Crippen LogP contribution in [-0.2, 0) is 4.79 Å². The van der Waals surface area contributed by atoms with Crippen LogP contribution in [0.25, 0.3) is 0 Å². The number of nitrogens with one attached hydrogen (secondary N) is 2. The minimum Gasteiger partial charge on any atom is -0.324 e. The van der Waals surface area contributed by atoms with Gasteiger partial charge in [-0.2, -0.15) is 0 Å². The van der Waals surface area contributed by atoms with Crippen molar-refractivity contribution in [3.63, 3.8) is 0 Å². The number of aryl methyl sites for hydroxylation is 1. The second-order valence-electron chi connectivity index (χ2n) is 6.89. The summed E-state index contributed by atoms with van der Waals surface area (Å²) in [5.74, 6) is 0.981. The highest BCUT2D eigenvalue weighted by Gasteiger charge is 2.37. The van der Waals surface area contributed by atoms with Gasteiger partial charge in [0.05, 0.1) is 12.6 Å². The molecule has 0 bridgehead atoms. The molecule has 3 nitrogen and oxygen atoms in total. The third-order valence-electron chi connectivity index (χ3n) is 5.36. The van der Waals surface area contributed by atoms with Crippen molar-refractivity contribution >= 4 is 23.2 Å². The quantitative estimate of drug-likeness (QED) is 0.882. The summed E-state index contributed by atoms with van der Waals surface area (Å²) >= 11 is 5.97. The molecule has 1 amide bonds. The number of quaternary nitrogens is 1. The summed E-state index contributed by atoms with van der Waals surface area (Å²) in [6.07, 6.45) is 8.02. The number of anilines is 1. The minimum atomic E-state index is 0.131. The Morgan fingerprint density at radius 2 is 2.05 bits per heavy atom. The first-order valence-electron chi connectivity index (χ1n) is 8.54. The highest BCUT2D eigenvalue weighted by atomic mass is 35.5. The number of hydrogen-bond acceptors (Lipinski definition) is 1. The van der Waals surface area contributed by atoms with Crippen LogP contribution in [-0.4, -0.2) is 25.0 Å². The molecule has 3 rings (SSSR count). The SMILES string of the molecule is Cc1cc(Cl)ccc1NC(=O)C[NH+]1CCC[C@@H]2CCCC[C@@H]21. The van der Waals surface area contributed by atoms with E-state index in [4.69, 9.17) is 11.6 Å². The first-order valence-corrected chi connectivity index (χ1v) is 8.92. The maximum atomic E-state index is 12.4. The van der Waals surface area contributed by atoms with Crippen LogP contribution in [0.5, 0.6) is 0 Å². The third kappa shape index (κ3) is 3.64. The lowest BCUT2D eigenvalue weighted by Gasteiger charge is -2.40. The summed E-state index contributed by atoms with van der Waals surface area (Å²) in [5, 5.41) is 3.77. The van der Waals surface area contributed by atoms with E-state index >= 15 is 0 Å². The number of carbonyl (C=O) groups is 1. The summed E-state index contributed by atoms with van der Waals surface area (Å²) in [6.45, 7) is 3.73. The second-order valence-corrected chi connectivity index (χ2v) is 7.32. The number of hydrogen-bond donors (Lipinski definition) is 2. The maximum Gasteiger partial charge on any atom is 0.279 e. The Morgan fingerprint density at radius 3 is 2.86 bits per heavy atom. The lowest BCUT2D eigenvalue weighted by atomic mass is 9.78. The normalized spacial score (nSPS) is 28.0. The van der Waals surface area contributed by atoms with Gasteiger partial charge >= 0.3 is 0 Å². The molecule has 1 heterocycles. The lowest BCUT2D eigenvalue weighted by Crippen LogP contribution is -3.18. The molecule has 1 unspecified atom stereocenters. The van der Waals surface area contributed by atoms with Crippen molar-refractivity contribution < 1.29 is 9.69 Å². The zero-order valence-corrected chi connectivity index (χ0v) is 14.1. The molecule has 4 heteroatoms. The van der Waals surface area contributed by atoms with E-state index in [2.05, 4.69) is 5.32 Å². The fourth-order valence-corrected chi connectivity index (χ4v) is 4.48. The van der Waals surface area contributed by atoms with Crippen LogP contribution in [0.4, 0.5) is 5.69 Å². The van der Waals surface area contributed by atoms with Crippen molar-refractivity contribution in [2.24, 2.45) is 5.92 Å². The average Bonchev–Trinajstić information content (AvgIpc) is 2.50. The Kier molecular flexibility index (Phi) is 5.04. The molecule has 0 radical (unpaired) electrons. The van der Waals surface area contributed by atoms with E-state index in [0.29, 0.717) is 17.6 Å². The van der Waals surface area contributed by atoms with Crippen molar-refractivity contribution in [2.45, 2.75) is 51.5 Å². The Bertz CT molecular complexity index is 544. The van der Waals surface area contributed by atoms with E-state index < -0.39 is 0 Å². The molecule has 1 aliphatic carbocycles. The Morgan fingerprint density at radius 1 is 1.27 bits per heavy atom. The molecule has 1 aromatic rings. The second kappa shape index (κ2) is 7.01. The monoisotopic (exact) mass is 321 g/mol. The standard InChI is InChI=1S/C18H25ClN2O/c1-13-11-15(19)8-9-16(13)20-18(22)12-21-10-4-6-14-5-2-3-7-17(14)21/h8-9,11,14,17H,2-7,10,12H2,1H3,(H,20,22)/p+1/t14-,17-/m0/s1. The number of fused-ring (bicyclic) bond motifs is 1.